The van der Waals surface area contributed by atoms with Crippen molar-refractivity contribution in [3.05, 3.63) is 34.6 Å². The van der Waals surface area contributed by atoms with Gasteiger partial charge in [-0.2, -0.15) is 26.3 Å². The molecule has 1 fully saturated rings. The van der Waals surface area contributed by atoms with Crippen molar-refractivity contribution in [1.82, 2.24) is 5.32 Å². The molecule has 4 atom stereocenters. The Morgan fingerprint density at radius 2 is 1.38 bits per heavy atom. The summed E-state index contributed by atoms with van der Waals surface area (Å²) in [5, 5.41) is 20.8. The Balaban J connectivity index is 3.06. The molecule has 15 heteroatoms. The molecule has 0 radical (unpaired) electrons. The Kier molecular flexibility index (Phi) is 7.82. The van der Waals surface area contributed by atoms with Gasteiger partial charge in [0.25, 0.3) is 0 Å². The summed E-state index contributed by atoms with van der Waals surface area (Å²) in [6.45, 7) is 1.07. The van der Waals surface area contributed by atoms with Gasteiger partial charge in [-0.15, -0.1) is 0 Å². The van der Waals surface area contributed by atoms with Gasteiger partial charge in [0, 0.05) is 16.5 Å². The fourth-order valence-corrected chi connectivity index (χ4v) is 4.20. The monoisotopic (exact) mass is 525 g/mol. The van der Waals surface area contributed by atoms with Crippen molar-refractivity contribution in [2.75, 3.05) is 13.2 Å². The summed E-state index contributed by atoms with van der Waals surface area (Å²) >= 11 is 5.88. The molecule has 34 heavy (non-hydrogen) atoms. The number of nitrogens with one attached hydrogen (secondary N) is 1. The Morgan fingerprint density at radius 1 is 0.971 bits per heavy atom. The molecule has 0 spiro atoms. The molecule has 0 aromatic heterocycles. The van der Waals surface area contributed by atoms with E-state index in [9.17, 15) is 50.5 Å². The van der Waals surface area contributed by atoms with Crippen LogP contribution in [-0.2, 0) is 19.1 Å². The van der Waals surface area contributed by atoms with E-state index < -0.39 is 83.1 Å². The van der Waals surface area contributed by atoms with E-state index in [-0.39, 0.29) is 0 Å². The summed E-state index contributed by atoms with van der Waals surface area (Å²) in [6, 6.07) is 2.41. The Bertz CT molecular complexity index is 874. The number of carbonyl (C=O) groups excluding carboxylic acids is 2. The summed E-state index contributed by atoms with van der Waals surface area (Å²) in [7, 11) is 0. The number of halogens is 8. The van der Waals surface area contributed by atoms with Gasteiger partial charge in [0.05, 0.1) is 13.2 Å². The van der Waals surface area contributed by atoms with Crippen molar-refractivity contribution < 1.29 is 60.0 Å². The standard InChI is InChI=1S/C19H19ClF7NO6/c1-3-33-14(29)12-11(10-8(20)6-5-7-9(10)21)13(15(30)34-4-2)17(32,19(25,26)27)28-16(12,31)18(22,23)24/h5-7,11-13,28,31-32H,3-4H2,1-2H3. The SMILES string of the molecule is CCOC(=O)C1C(c2c(F)cccc2Cl)C(C(=O)OCC)C(O)(C(F)(F)F)NC1(O)C(F)(F)F. The van der Waals surface area contributed by atoms with Crippen LogP contribution in [0.4, 0.5) is 30.7 Å². The highest BCUT2D eigenvalue weighted by Crippen LogP contribution is 2.56. The first-order chi connectivity index (χ1) is 15.5. The molecular formula is C19H19ClF7NO6. The largest absolute Gasteiger partial charge is 0.466 e. The minimum Gasteiger partial charge on any atom is -0.466 e. The lowest BCUT2D eigenvalue weighted by atomic mass is 9.64. The first-order valence-electron chi connectivity index (χ1n) is 9.62. The number of ether oxygens (including phenoxy) is 2. The molecule has 0 saturated carbocycles. The minimum absolute atomic E-state index is 0.590. The van der Waals surface area contributed by atoms with E-state index in [4.69, 9.17) is 11.6 Å². The van der Waals surface area contributed by atoms with Crippen molar-refractivity contribution >= 4 is 23.5 Å². The summed E-state index contributed by atoms with van der Waals surface area (Å²) < 4.78 is 108. The second kappa shape index (κ2) is 9.47. The van der Waals surface area contributed by atoms with Gasteiger partial charge in [-0.25, -0.2) is 9.71 Å². The molecule has 192 valence electrons. The quantitative estimate of drug-likeness (QED) is 0.401. The zero-order valence-electron chi connectivity index (χ0n) is 17.4. The summed E-state index contributed by atoms with van der Waals surface area (Å²) in [5.74, 6) is -14.5. The number of alkyl halides is 6. The highest BCUT2D eigenvalue weighted by molar-refractivity contribution is 6.31. The molecule has 7 nitrogen and oxygen atoms in total. The van der Waals surface area contributed by atoms with E-state index in [1.807, 2.05) is 0 Å². The van der Waals surface area contributed by atoms with E-state index in [2.05, 4.69) is 9.47 Å². The van der Waals surface area contributed by atoms with Crippen LogP contribution >= 0.6 is 11.6 Å². The normalized spacial score (nSPS) is 30.1. The van der Waals surface area contributed by atoms with Crippen LogP contribution in [0.1, 0.15) is 25.3 Å². The number of aliphatic hydroxyl groups is 2. The maximum absolute atomic E-state index is 14.8. The first kappa shape index (κ1) is 28.1. The zero-order valence-corrected chi connectivity index (χ0v) is 18.2. The van der Waals surface area contributed by atoms with Gasteiger partial charge in [0.1, 0.15) is 17.7 Å². The average molecular weight is 526 g/mol. The van der Waals surface area contributed by atoms with Crippen molar-refractivity contribution in [3.8, 4) is 0 Å². The average Bonchev–Trinajstić information content (AvgIpc) is 2.66. The van der Waals surface area contributed by atoms with Crippen LogP contribution in [-0.4, -0.2) is 59.2 Å². The number of hydrogen-bond donors (Lipinski definition) is 3. The van der Waals surface area contributed by atoms with E-state index in [0.29, 0.717) is 11.4 Å². The molecule has 1 aliphatic rings. The third-order valence-corrected chi connectivity index (χ3v) is 5.61. The molecule has 1 aliphatic heterocycles. The maximum Gasteiger partial charge on any atom is 0.432 e. The topological polar surface area (TPSA) is 105 Å². The van der Waals surface area contributed by atoms with Crippen LogP contribution in [0.15, 0.2) is 18.2 Å². The summed E-state index contributed by atoms with van der Waals surface area (Å²) in [5.41, 5.74) is -10.9. The van der Waals surface area contributed by atoms with Crippen molar-refractivity contribution in [2.24, 2.45) is 11.8 Å². The highest BCUT2D eigenvalue weighted by Gasteiger charge is 2.78. The number of hydrogen-bond acceptors (Lipinski definition) is 7. The third kappa shape index (κ3) is 4.55. The van der Waals surface area contributed by atoms with E-state index in [0.717, 1.165) is 26.0 Å². The van der Waals surface area contributed by atoms with Crippen LogP contribution in [0.25, 0.3) is 0 Å². The molecule has 4 unspecified atom stereocenters. The minimum atomic E-state index is -6.08. The molecule has 1 heterocycles. The molecule has 0 bridgehead atoms. The second-order valence-electron chi connectivity index (χ2n) is 7.27. The van der Waals surface area contributed by atoms with Gasteiger partial charge < -0.3 is 19.7 Å². The first-order valence-corrected chi connectivity index (χ1v) is 10.00. The van der Waals surface area contributed by atoms with Crippen LogP contribution in [0.2, 0.25) is 5.02 Å². The molecular weight excluding hydrogens is 507 g/mol. The van der Waals surface area contributed by atoms with Crippen LogP contribution in [0.3, 0.4) is 0 Å². The number of esters is 2. The van der Waals surface area contributed by atoms with Crippen LogP contribution in [0.5, 0.6) is 0 Å². The number of piperidine rings is 1. The second-order valence-corrected chi connectivity index (χ2v) is 7.68. The Morgan fingerprint density at radius 3 is 1.71 bits per heavy atom. The van der Waals surface area contributed by atoms with Crippen molar-refractivity contribution in [2.45, 2.75) is 43.6 Å². The van der Waals surface area contributed by atoms with Crippen molar-refractivity contribution in [1.29, 1.82) is 0 Å². The lowest BCUT2D eigenvalue weighted by Crippen LogP contribution is -2.81. The van der Waals surface area contributed by atoms with Gasteiger partial charge >= 0.3 is 24.3 Å². The van der Waals surface area contributed by atoms with Gasteiger partial charge in [0.2, 0.25) is 11.4 Å². The third-order valence-electron chi connectivity index (χ3n) is 5.28. The predicted octanol–water partition coefficient (Wildman–Crippen LogP) is 3.03. The molecule has 0 aliphatic carbocycles. The molecule has 0 amide bonds. The Hall–Kier alpha value is -2.16. The van der Waals surface area contributed by atoms with E-state index in [1.165, 1.54) is 0 Å². The lowest BCUT2D eigenvalue weighted by Gasteiger charge is -2.54. The highest BCUT2D eigenvalue weighted by atomic mass is 35.5. The fraction of sp³-hybridized carbons (Fsp3) is 0.579. The lowest BCUT2D eigenvalue weighted by molar-refractivity contribution is -0.376. The zero-order chi connectivity index (χ0) is 26.3. The van der Waals surface area contributed by atoms with Gasteiger partial charge in [-0.05, 0) is 26.0 Å². The number of benzene rings is 1. The van der Waals surface area contributed by atoms with Gasteiger partial charge in [-0.3, -0.25) is 9.59 Å². The molecule has 1 aromatic carbocycles. The van der Waals surface area contributed by atoms with Gasteiger partial charge in [-0.1, -0.05) is 17.7 Å². The van der Waals surface area contributed by atoms with Crippen molar-refractivity contribution in [3.63, 3.8) is 0 Å². The maximum atomic E-state index is 14.8. The van der Waals surface area contributed by atoms with Crippen LogP contribution in [0, 0.1) is 17.7 Å². The molecule has 3 N–H and O–H groups in total. The van der Waals surface area contributed by atoms with Crippen LogP contribution < -0.4 is 5.32 Å². The predicted molar refractivity (Wildman–Crippen MR) is 99.5 cm³/mol. The van der Waals surface area contributed by atoms with E-state index >= 15 is 0 Å². The van der Waals surface area contributed by atoms with E-state index in [1.54, 1.807) is 0 Å². The van der Waals surface area contributed by atoms with Gasteiger partial charge in [0.15, 0.2) is 0 Å². The molecule has 1 saturated heterocycles. The Labute approximate surface area is 192 Å². The summed E-state index contributed by atoms with van der Waals surface area (Å²) in [6.07, 6.45) is -12.2. The summed E-state index contributed by atoms with van der Waals surface area (Å²) in [4.78, 5) is 25.3. The smallest absolute Gasteiger partial charge is 0.432 e. The fourth-order valence-electron chi connectivity index (χ4n) is 3.91. The number of rotatable bonds is 5. The molecule has 2 rings (SSSR count). The number of carbonyl (C=O) groups is 2. The molecule has 1 aromatic rings.